The van der Waals surface area contributed by atoms with Crippen LogP contribution >= 0.6 is 0 Å². The first-order valence-corrected chi connectivity index (χ1v) is 7.82. The second kappa shape index (κ2) is 8.15. The summed E-state index contributed by atoms with van der Waals surface area (Å²) < 4.78 is 0. The molecule has 0 aliphatic rings. The van der Waals surface area contributed by atoms with Gasteiger partial charge in [0.2, 0.25) is 11.8 Å². The molecule has 2 aromatic carbocycles. The van der Waals surface area contributed by atoms with E-state index >= 15 is 0 Å². The van der Waals surface area contributed by atoms with Crippen LogP contribution in [0, 0.1) is 6.92 Å². The average Bonchev–Trinajstić information content (AvgIpc) is 2.57. The highest BCUT2D eigenvalue weighted by Gasteiger charge is 2.15. The zero-order valence-electron chi connectivity index (χ0n) is 14.3. The minimum Gasteiger partial charge on any atom is -0.365 e. The molecule has 0 heterocycles. The lowest BCUT2D eigenvalue weighted by Gasteiger charge is -2.23. The SMILES string of the molecule is Cc1ccc(NC(=O)CN(C)C(=O)CN(C)c2ccccc2)cc1. The quantitative estimate of drug-likeness (QED) is 0.888. The van der Waals surface area contributed by atoms with Crippen LogP contribution in [0.3, 0.4) is 0 Å². The van der Waals surface area contributed by atoms with E-state index in [1.54, 1.807) is 7.05 Å². The lowest BCUT2D eigenvalue weighted by Crippen LogP contribution is -2.40. The third-order valence-electron chi connectivity index (χ3n) is 3.71. The van der Waals surface area contributed by atoms with E-state index in [1.807, 2.05) is 73.5 Å². The molecule has 126 valence electrons. The summed E-state index contributed by atoms with van der Waals surface area (Å²) in [5, 5.41) is 2.79. The smallest absolute Gasteiger partial charge is 0.243 e. The van der Waals surface area contributed by atoms with Gasteiger partial charge in [-0.05, 0) is 31.2 Å². The van der Waals surface area contributed by atoms with Gasteiger partial charge in [-0.3, -0.25) is 9.59 Å². The monoisotopic (exact) mass is 325 g/mol. The Balaban J connectivity index is 1.84. The molecule has 0 fully saturated rings. The standard InChI is InChI=1S/C19H23N3O2/c1-15-9-11-16(12-10-15)20-18(23)13-22(3)19(24)14-21(2)17-7-5-4-6-8-17/h4-12H,13-14H2,1-3H3,(H,20,23). The van der Waals surface area contributed by atoms with E-state index in [2.05, 4.69) is 5.32 Å². The Labute approximate surface area is 142 Å². The fourth-order valence-electron chi connectivity index (χ4n) is 2.24. The number of anilines is 2. The van der Waals surface area contributed by atoms with Crippen LogP contribution in [0.2, 0.25) is 0 Å². The van der Waals surface area contributed by atoms with Crippen LogP contribution in [-0.4, -0.2) is 43.9 Å². The van der Waals surface area contributed by atoms with Crippen LogP contribution in [0.25, 0.3) is 0 Å². The second-order valence-corrected chi connectivity index (χ2v) is 5.86. The van der Waals surface area contributed by atoms with E-state index < -0.39 is 0 Å². The average molecular weight is 325 g/mol. The molecule has 0 atom stereocenters. The lowest BCUT2D eigenvalue weighted by atomic mass is 10.2. The molecular formula is C19H23N3O2. The van der Waals surface area contributed by atoms with Crippen LogP contribution in [0.4, 0.5) is 11.4 Å². The highest BCUT2D eigenvalue weighted by molar-refractivity contribution is 5.95. The topological polar surface area (TPSA) is 52.7 Å². The van der Waals surface area contributed by atoms with Gasteiger partial charge in [0.15, 0.2) is 0 Å². The molecule has 0 aromatic heterocycles. The minimum absolute atomic E-state index is 0.0232. The predicted octanol–water partition coefficient (Wildman–Crippen LogP) is 2.53. The van der Waals surface area contributed by atoms with Crippen molar-refractivity contribution in [3.63, 3.8) is 0 Å². The molecule has 1 N–H and O–H groups in total. The number of aryl methyl sites for hydroxylation is 1. The maximum absolute atomic E-state index is 12.3. The third kappa shape index (κ3) is 5.12. The molecule has 0 spiro atoms. The van der Waals surface area contributed by atoms with Crippen molar-refractivity contribution in [1.82, 2.24) is 4.90 Å². The number of likely N-dealkylation sites (N-methyl/N-ethyl adjacent to an activating group) is 2. The van der Waals surface area contributed by atoms with Gasteiger partial charge >= 0.3 is 0 Å². The van der Waals surface area contributed by atoms with Crippen LogP contribution in [0.15, 0.2) is 54.6 Å². The molecule has 2 aromatic rings. The Morgan fingerprint density at radius 3 is 2.17 bits per heavy atom. The van der Waals surface area contributed by atoms with E-state index in [-0.39, 0.29) is 24.9 Å². The number of para-hydroxylation sites is 1. The van der Waals surface area contributed by atoms with Gasteiger partial charge in [0.05, 0.1) is 13.1 Å². The van der Waals surface area contributed by atoms with E-state index in [0.717, 1.165) is 16.9 Å². The van der Waals surface area contributed by atoms with Crippen molar-refractivity contribution in [3.8, 4) is 0 Å². The van der Waals surface area contributed by atoms with Crippen molar-refractivity contribution in [2.75, 3.05) is 37.4 Å². The Morgan fingerprint density at radius 1 is 0.917 bits per heavy atom. The first-order chi connectivity index (χ1) is 11.5. The highest BCUT2D eigenvalue weighted by Crippen LogP contribution is 2.11. The van der Waals surface area contributed by atoms with Crippen LogP contribution in [-0.2, 0) is 9.59 Å². The molecule has 0 aliphatic heterocycles. The molecule has 24 heavy (non-hydrogen) atoms. The molecular weight excluding hydrogens is 302 g/mol. The zero-order chi connectivity index (χ0) is 17.5. The second-order valence-electron chi connectivity index (χ2n) is 5.86. The molecule has 0 bridgehead atoms. The van der Waals surface area contributed by atoms with Crippen LogP contribution in [0.1, 0.15) is 5.56 Å². The number of carbonyl (C=O) groups excluding carboxylic acids is 2. The van der Waals surface area contributed by atoms with Crippen LogP contribution in [0.5, 0.6) is 0 Å². The number of nitrogens with zero attached hydrogens (tertiary/aromatic N) is 2. The Bertz CT molecular complexity index is 684. The van der Waals surface area contributed by atoms with Gasteiger partial charge in [-0.15, -0.1) is 0 Å². The van der Waals surface area contributed by atoms with Gasteiger partial charge in [-0.1, -0.05) is 35.9 Å². The molecule has 5 heteroatoms. The molecule has 0 saturated heterocycles. The van der Waals surface area contributed by atoms with Gasteiger partial charge in [0.25, 0.3) is 0 Å². The van der Waals surface area contributed by atoms with Crippen molar-refractivity contribution >= 4 is 23.2 Å². The van der Waals surface area contributed by atoms with Gasteiger partial charge in [0.1, 0.15) is 0 Å². The summed E-state index contributed by atoms with van der Waals surface area (Å²) in [5.74, 6) is -0.322. The fourth-order valence-corrected chi connectivity index (χ4v) is 2.24. The predicted molar refractivity (Wildman–Crippen MR) is 97.2 cm³/mol. The molecule has 0 saturated carbocycles. The van der Waals surface area contributed by atoms with Crippen molar-refractivity contribution in [1.29, 1.82) is 0 Å². The molecule has 0 unspecified atom stereocenters. The Kier molecular flexibility index (Phi) is 5.95. The van der Waals surface area contributed by atoms with Crippen molar-refractivity contribution in [3.05, 3.63) is 60.2 Å². The largest absolute Gasteiger partial charge is 0.365 e. The molecule has 5 nitrogen and oxygen atoms in total. The fraction of sp³-hybridized carbons (Fsp3) is 0.263. The van der Waals surface area contributed by atoms with Gasteiger partial charge in [0, 0.05) is 25.5 Å². The number of rotatable bonds is 6. The number of hydrogen-bond acceptors (Lipinski definition) is 3. The van der Waals surface area contributed by atoms with E-state index in [9.17, 15) is 9.59 Å². The number of benzene rings is 2. The van der Waals surface area contributed by atoms with Crippen molar-refractivity contribution in [2.45, 2.75) is 6.92 Å². The molecule has 2 amide bonds. The summed E-state index contributed by atoms with van der Waals surface area (Å²) in [6, 6.07) is 17.2. The van der Waals surface area contributed by atoms with Crippen molar-refractivity contribution < 1.29 is 9.59 Å². The lowest BCUT2D eigenvalue weighted by molar-refractivity contribution is -0.132. The van der Waals surface area contributed by atoms with E-state index in [4.69, 9.17) is 0 Å². The summed E-state index contributed by atoms with van der Waals surface area (Å²) in [6.45, 7) is 2.23. The summed E-state index contributed by atoms with van der Waals surface area (Å²) in [6.07, 6.45) is 0. The number of amides is 2. The Morgan fingerprint density at radius 2 is 1.54 bits per heavy atom. The maximum Gasteiger partial charge on any atom is 0.243 e. The highest BCUT2D eigenvalue weighted by atomic mass is 16.2. The number of carbonyl (C=O) groups is 2. The normalized spacial score (nSPS) is 10.1. The first kappa shape index (κ1) is 17.5. The number of nitrogens with one attached hydrogen (secondary N) is 1. The third-order valence-corrected chi connectivity index (χ3v) is 3.71. The van der Waals surface area contributed by atoms with Crippen molar-refractivity contribution in [2.24, 2.45) is 0 Å². The number of hydrogen-bond donors (Lipinski definition) is 1. The molecule has 2 rings (SSSR count). The van der Waals surface area contributed by atoms with E-state index in [1.165, 1.54) is 4.90 Å². The summed E-state index contributed by atoms with van der Waals surface area (Å²) in [4.78, 5) is 27.6. The van der Waals surface area contributed by atoms with E-state index in [0.29, 0.717) is 0 Å². The maximum atomic E-state index is 12.3. The Hall–Kier alpha value is -2.82. The molecule has 0 aliphatic carbocycles. The molecule has 0 radical (unpaired) electrons. The van der Waals surface area contributed by atoms with Gasteiger partial charge in [-0.25, -0.2) is 0 Å². The zero-order valence-corrected chi connectivity index (χ0v) is 14.3. The van der Waals surface area contributed by atoms with Gasteiger partial charge in [-0.2, -0.15) is 0 Å². The first-order valence-electron chi connectivity index (χ1n) is 7.82. The summed E-state index contributed by atoms with van der Waals surface area (Å²) >= 11 is 0. The van der Waals surface area contributed by atoms with Crippen LogP contribution < -0.4 is 10.2 Å². The van der Waals surface area contributed by atoms with Gasteiger partial charge < -0.3 is 15.1 Å². The summed E-state index contributed by atoms with van der Waals surface area (Å²) in [7, 11) is 3.49. The summed E-state index contributed by atoms with van der Waals surface area (Å²) in [5.41, 5.74) is 2.82. The minimum atomic E-state index is -0.211.